The summed E-state index contributed by atoms with van der Waals surface area (Å²) < 4.78 is 0.893. The van der Waals surface area contributed by atoms with E-state index in [-0.39, 0.29) is 0 Å². The van der Waals surface area contributed by atoms with Gasteiger partial charge in [0.25, 0.3) is 0 Å². The number of benzene rings is 1. The van der Waals surface area contributed by atoms with Crippen molar-refractivity contribution in [2.75, 3.05) is 5.73 Å². The SMILES string of the molecule is N#Cc1csc2c(N)c(Cl)ccc12. The number of fused-ring (bicyclic) bond motifs is 1. The number of hydrogen-bond donors (Lipinski definition) is 1. The molecule has 0 bridgehead atoms. The molecular formula is C9H5ClN2S. The topological polar surface area (TPSA) is 49.8 Å². The fourth-order valence-corrected chi connectivity index (χ4v) is 2.35. The summed E-state index contributed by atoms with van der Waals surface area (Å²) >= 11 is 7.29. The van der Waals surface area contributed by atoms with Crippen LogP contribution in [-0.2, 0) is 0 Å². The van der Waals surface area contributed by atoms with Crippen LogP contribution >= 0.6 is 22.9 Å². The van der Waals surface area contributed by atoms with Crippen LogP contribution < -0.4 is 5.73 Å². The molecule has 2 aromatic rings. The molecule has 0 atom stereocenters. The normalized spacial score (nSPS) is 10.2. The zero-order valence-electron chi connectivity index (χ0n) is 6.54. The Kier molecular flexibility index (Phi) is 1.87. The molecule has 1 aromatic heterocycles. The van der Waals surface area contributed by atoms with E-state index in [4.69, 9.17) is 22.6 Å². The molecular weight excluding hydrogens is 204 g/mol. The molecule has 0 saturated heterocycles. The minimum Gasteiger partial charge on any atom is -0.396 e. The number of hydrogen-bond acceptors (Lipinski definition) is 3. The predicted molar refractivity (Wildman–Crippen MR) is 56.0 cm³/mol. The second kappa shape index (κ2) is 2.91. The van der Waals surface area contributed by atoms with E-state index in [0.717, 1.165) is 10.1 Å². The number of thiophene rings is 1. The van der Waals surface area contributed by atoms with Gasteiger partial charge in [-0.15, -0.1) is 11.3 Å². The van der Waals surface area contributed by atoms with Crippen molar-refractivity contribution < 1.29 is 0 Å². The lowest BCUT2D eigenvalue weighted by atomic mass is 10.2. The highest BCUT2D eigenvalue weighted by Crippen LogP contribution is 2.34. The molecule has 4 heteroatoms. The number of nitrogen functional groups attached to an aromatic ring is 1. The number of nitriles is 1. The smallest absolute Gasteiger partial charge is 0.101 e. The van der Waals surface area contributed by atoms with E-state index in [1.54, 1.807) is 11.4 Å². The van der Waals surface area contributed by atoms with Gasteiger partial charge in [-0.05, 0) is 6.07 Å². The van der Waals surface area contributed by atoms with E-state index in [0.29, 0.717) is 16.3 Å². The lowest BCUT2D eigenvalue weighted by Gasteiger charge is -1.97. The van der Waals surface area contributed by atoms with Crippen molar-refractivity contribution in [3.05, 3.63) is 28.1 Å². The summed E-state index contributed by atoms with van der Waals surface area (Å²) in [6, 6.07) is 5.65. The monoisotopic (exact) mass is 208 g/mol. The number of nitrogens with two attached hydrogens (primary N) is 1. The van der Waals surface area contributed by atoms with Crippen LogP contribution in [-0.4, -0.2) is 0 Å². The lowest BCUT2D eigenvalue weighted by molar-refractivity contribution is 1.52. The van der Waals surface area contributed by atoms with Gasteiger partial charge in [0.2, 0.25) is 0 Å². The summed E-state index contributed by atoms with van der Waals surface area (Å²) in [7, 11) is 0. The highest BCUT2D eigenvalue weighted by atomic mass is 35.5. The lowest BCUT2D eigenvalue weighted by Crippen LogP contribution is -1.85. The first-order valence-electron chi connectivity index (χ1n) is 3.59. The average Bonchev–Trinajstić information content (AvgIpc) is 2.55. The molecule has 0 fully saturated rings. The van der Waals surface area contributed by atoms with Gasteiger partial charge in [0.1, 0.15) is 6.07 Å². The third-order valence-electron chi connectivity index (χ3n) is 1.85. The van der Waals surface area contributed by atoms with Crippen molar-refractivity contribution >= 4 is 38.7 Å². The first kappa shape index (κ1) is 8.36. The van der Waals surface area contributed by atoms with Crippen molar-refractivity contribution in [2.24, 2.45) is 0 Å². The fourth-order valence-electron chi connectivity index (χ4n) is 1.18. The Hall–Kier alpha value is -1.24. The standard InChI is InChI=1S/C9H5ClN2S/c10-7-2-1-6-5(3-11)4-13-9(6)8(7)12/h1-2,4H,12H2. The van der Waals surface area contributed by atoms with Crippen LogP contribution in [0.25, 0.3) is 10.1 Å². The first-order valence-corrected chi connectivity index (χ1v) is 4.85. The van der Waals surface area contributed by atoms with Crippen LogP contribution in [0.1, 0.15) is 5.56 Å². The van der Waals surface area contributed by atoms with E-state index in [1.807, 2.05) is 6.07 Å². The van der Waals surface area contributed by atoms with Gasteiger partial charge in [0.15, 0.2) is 0 Å². The number of anilines is 1. The van der Waals surface area contributed by atoms with Gasteiger partial charge in [-0.3, -0.25) is 0 Å². The molecule has 0 aliphatic rings. The van der Waals surface area contributed by atoms with E-state index < -0.39 is 0 Å². The Morgan fingerprint density at radius 3 is 2.92 bits per heavy atom. The van der Waals surface area contributed by atoms with Crippen LogP contribution in [0, 0.1) is 11.3 Å². The Labute approximate surface area is 84.2 Å². The zero-order valence-corrected chi connectivity index (χ0v) is 8.12. The van der Waals surface area contributed by atoms with Crippen LogP contribution in [0.5, 0.6) is 0 Å². The summed E-state index contributed by atoms with van der Waals surface area (Å²) in [5, 5.41) is 12.0. The summed E-state index contributed by atoms with van der Waals surface area (Å²) in [6.45, 7) is 0. The second-order valence-electron chi connectivity index (χ2n) is 2.60. The van der Waals surface area contributed by atoms with Gasteiger partial charge in [-0.1, -0.05) is 17.7 Å². The molecule has 0 aliphatic carbocycles. The highest BCUT2D eigenvalue weighted by Gasteiger charge is 2.07. The van der Waals surface area contributed by atoms with E-state index in [9.17, 15) is 0 Å². The maximum Gasteiger partial charge on any atom is 0.101 e. The maximum absolute atomic E-state index is 8.77. The molecule has 0 unspecified atom stereocenters. The predicted octanol–water partition coefficient (Wildman–Crippen LogP) is 3.01. The summed E-state index contributed by atoms with van der Waals surface area (Å²) in [5.74, 6) is 0. The van der Waals surface area contributed by atoms with Crippen molar-refractivity contribution in [1.29, 1.82) is 5.26 Å². The fraction of sp³-hybridized carbons (Fsp3) is 0. The molecule has 2 nitrogen and oxygen atoms in total. The second-order valence-corrected chi connectivity index (χ2v) is 3.89. The third kappa shape index (κ3) is 1.15. The Morgan fingerprint density at radius 2 is 2.23 bits per heavy atom. The largest absolute Gasteiger partial charge is 0.396 e. The Morgan fingerprint density at radius 1 is 1.46 bits per heavy atom. The average molecular weight is 209 g/mol. The van der Waals surface area contributed by atoms with Gasteiger partial charge >= 0.3 is 0 Å². The van der Waals surface area contributed by atoms with Crippen LogP contribution in [0.4, 0.5) is 5.69 Å². The Bertz CT molecular complexity index is 510. The summed E-state index contributed by atoms with van der Waals surface area (Å²) in [4.78, 5) is 0. The van der Waals surface area contributed by atoms with Crippen molar-refractivity contribution in [3.8, 4) is 6.07 Å². The molecule has 1 heterocycles. The van der Waals surface area contributed by atoms with Crippen LogP contribution in [0.3, 0.4) is 0 Å². The number of rotatable bonds is 0. The first-order chi connectivity index (χ1) is 6.24. The van der Waals surface area contributed by atoms with E-state index in [2.05, 4.69) is 6.07 Å². The molecule has 2 N–H and O–H groups in total. The van der Waals surface area contributed by atoms with Gasteiger partial charge in [-0.25, -0.2) is 0 Å². The van der Waals surface area contributed by atoms with Gasteiger partial charge < -0.3 is 5.73 Å². The summed E-state index contributed by atoms with van der Waals surface area (Å²) in [5.41, 5.74) is 6.97. The number of nitrogens with zero attached hydrogens (tertiary/aromatic N) is 1. The van der Waals surface area contributed by atoms with E-state index >= 15 is 0 Å². The van der Waals surface area contributed by atoms with E-state index in [1.165, 1.54) is 11.3 Å². The molecule has 0 saturated carbocycles. The molecule has 1 aromatic carbocycles. The molecule has 2 rings (SSSR count). The molecule has 0 amide bonds. The van der Waals surface area contributed by atoms with Gasteiger partial charge in [0.05, 0.1) is 21.0 Å². The maximum atomic E-state index is 8.77. The summed E-state index contributed by atoms with van der Waals surface area (Å²) in [6.07, 6.45) is 0. The van der Waals surface area contributed by atoms with Crippen LogP contribution in [0.2, 0.25) is 5.02 Å². The van der Waals surface area contributed by atoms with Crippen LogP contribution in [0.15, 0.2) is 17.5 Å². The molecule has 64 valence electrons. The molecule has 13 heavy (non-hydrogen) atoms. The van der Waals surface area contributed by atoms with Crippen molar-refractivity contribution in [1.82, 2.24) is 0 Å². The molecule has 0 aliphatic heterocycles. The van der Waals surface area contributed by atoms with Crippen molar-refractivity contribution in [2.45, 2.75) is 0 Å². The van der Waals surface area contributed by atoms with Gasteiger partial charge in [0, 0.05) is 10.8 Å². The minimum absolute atomic E-state index is 0.541. The molecule has 0 spiro atoms. The molecule has 0 radical (unpaired) electrons. The zero-order chi connectivity index (χ0) is 9.42. The Balaban J connectivity index is 2.91. The quantitative estimate of drug-likeness (QED) is 0.677. The highest BCUT2D eigenvalue weighted by molar-refractivity contribution is 7.18. The minimum atomic E-state index is 0.541. The van der Waals surface area contributed by atoms with Crippen molar-refractivity contribution in [3.63, 3.8) is 0 Å². The van der Waals surface area contributed by atoms with Gasteiger partial charge in [-0.2, -0.15) is 5.26 Å². The third-order valence-corrected chi connectivity index (χ3v) is 3.21. The number of halogens is 1.